The molecule has 6 nitrogen and oxygen atoms in total. The molecule has 3 N–H and O–H groups in total. The van der Waals surface area contributed by atoms with E-state index in [1.165, 1.54) is 7.05 Å². The largest absolute Gasteiger partial charge is 0.341 e. The number of hydrogen-bond acceptors (Lipinski definition) is 3. The average molecular weight is 347 g/mol. The fourth-order valence-corrected chi connectivity index (χ4v) is 3.15. The van der Waals surface area contributed by atoms with Crippen molar-refractivity contribution in [3.63, 3.8) is 0 Å². The number of hydrogen-bond donors (Lipinski definition) is 3. The lowest BCUT2D eigenvalue weighted by atomic mass is 10.0. The number of carbonyl (C=O) groups is 1. The van der Waals surface area contributed by atoms with Gasteiger partial charge in [-0.05, 0) is 41.8 Å². The van der Waals surface area contributed by atoms with Crippen LogP contribution in [0.4, 0.5) is 16.2 Å². The lowest BCUT2D eigenvalue weighted by Gasteiger charge is -2.11. The minimum atomic E-state index is -3.68. The smallest absolute Gasteiger partial charge is 0.318 e. The fraction of sp³-hybridized carbons (Fsp3) is 0.235. The van der Waals surface area contributed by atoms with Gasteiger partial charge in [0, 0.05) is 12.7 Å². The van der Waals surface area contributed by atoms with E-state index >= 15 is 0 Å². The summed E-state index contributed by atoms with van der Waals surface area (Å²) in [5, 5.41) is 5.03. The summed E-state index contributed by atoms with van der Waals surface area (Å²) in [5.74, 6) is 0.335. The molecule has 0 fully saturated rings. The van der Waals surface area contributed by atoms with E-state index in [-0.39, 0.29) is 10.9 Å². The lowest BCUT2D eigenvalue weighted by molar-refractivity contribution is 0.254. The van der Waals surface area contributed by atoms with E-state index in [0.717, 1.165) is 5.56 Å². The second-order valence-corrected chi connectivity index (χ2v) is 7.30. The number of carbonyl (C=O) groups excluding carboxylic acids is 1. The van der Waals surface area contributed by atoms with Crippen molar-refractivity contribution >= 4 is 27.4 Å². The summed E-state index contributed by atoms with van der Waals surface area (Å²) in [6.45, 7) is 4.10. The first kappa shape index (κ1) is 17.8. The van der Waals surface area contributed by atoms with Crippen LogP contribution in [0.1, 0.15) is 25.3 Å². The van der Waals surface area contributed by atoms with Crippen molar-refractivity contribution in [1.29, 1.82) is 0 Å². The third-order valence-electron chi connectivity index (χ3n) is 3.46. The molecular formula is C17H21N3O3S. The molecule has 2 aromatic carbocycles. The quantitative estimate of drug-likeness (QED) is 0.775. The second-order valence-electron chi connectivity index (χ2n) is 5.61. The molecule has 128 valence electrons. The summed E-state index contributed by atoms with van der Waals surface area (Å²) in [6, 6.07) is 12.9. The van der Waals surface area contributed by atoms with Crippen molar-refractivity contribution in [1.82, 2.24) is 5.32 Å². The maximum absolute atomic E-state index is 12.5. The Bertz CT molecular complexity index is 815. The van der Waals surface area contributed by atoms with Gasteiger partial charge in [0.25, 0.3) is 10.0 Å². The van der Waals surface area contributed by atoms with Gasteiger partial charge in [-0.2, -0.15) is 0 Å². The monoisotopic (exact) mass is 347 g/mol. The molecule has 0 aliphatic carbocycles. The Morgan fingerprint density at radius 2 is 1.62 bits per heavy atom. The van der Waals surface area contributed by atoms with Crippen LogP contribution in [-0.4, -0.2) is 21.5 Å². The van der Waals surface area contributed by atoms with Gasteiger partial charge in [0.2, 0.25) is 0 Å². The average Bonchev–Trinajstić information content (AvgIpc) is 2.54. The van der Waals surface area contributed by atoms with Crippen molar-refractivity contribution < 1.29 is 13.2 Å². The molecule has 0 unspecified atom stereocenters. The van der Waals surface area contributed by atoms with Crippen molar-refractivity contribution in [3.05, 3.63) is 54.1 Å². The number of rotatable bonds is 5. The number of nitrogens with one attached hydrogen (secondary N) is 3. The van der Waals surface area contributed by atoms with Crippen LogP contribution in [0.3, 0.4) is 0 Å². The van der Waals surface area contributed by atoms with Gasteiger partial charge in [-0.1, -0.05) is 32.0 Å². The van der Waals surface area contributed by atoms with Crippen LogP contribution in [0.5, 0.6) is 0 Å². The van der Waals surface area contributed by atoms with E-state index in [1.807, 2.05) is 26.0 Å². The molecule has 2 aromatic rings. The van der Waals surface area contributed by atoms with Gasteiger partial charge in [0.1, 0.15) is 0 Å². The van der Waals surface area contributed by atoms with Crippen molar-refractivity contribution in [2.24, 2.45) is 0 Å². The van der Waals surface area contributed by atoms with Gasteiger partial charge < -0.3 is 10.6 Å². The zero-order valence-corrected chi connectivity index (χ0v) is 14.6. The molecule has 0 saturated carbocycles. The number of anilines is 2. The minimum Gasteiger partial charge on any atom is -0.341 e. The molecule has 0 aliphatic heterocycles. The zero-order chi connectivity index (χ0) is 17.7. The van der Waals surface area contributed by atoms with Gasteiger partial charge >= 0.3 is 6.03 Å². The minimum absolute atomic E-state index is 0.191. The Balaban J connectivity index is 2.19. The highest BCUT2D eigenvalue weighted by atomic mass is 32.2. The molecule has 2 amide bonds. The highest BCUT2D eigenvalue weighted by Gasteiger charge is 2.14. The van der Waals surface area contributed by atoms with E-state index in [1.54, 1.807) is 36.4 Å². The highest BCUT2D eigenvalue weighted by Crippen LogP contribution is 2.21. The van der Waals surface area contributed by atoms with Crippen molar-refractivity contribution in [2.75, 3.05) is 17.1 Å². The Kier molecular flexibility index (Phi) is 5.46. The predicted octanol–water partition coefficient (Wildman–Crippen LogP) is 3.36. The number of sulfonamides is 1. The maximum Gasteiger partial charge on any atom is 0.318 e. The molecule has 0 spiro atoms. The van der Waals surface area contributed by atoms with Crippen LogP contribution in [0.25, 0.3) is 0 Å². The molecule has 0 aliphatic rings. The molecule has 0 radical (unpaired) electrons. The normalized spacial score (nSPS) is 11.2. The third-order valence-corrected chi connectivity index (χ3v) is 4.85. The second kappa shape index (κ2) is 7.35. The van der Waals surface area contributed by atoms with Gasteiger partial charge in [-0.25, -0.2) is 13.2 Å². The first-order chi connectivity index (χ1) is 11.3. The summed E-state index contributed by atoms with van der Waals surface area (Å²) in [7, 11) is -2.18. The summed E-state index contributed by atoms with van der Waals surface area (Å²) in [6.07, 6.45) is 0. The van der Waals surface area contributed by atoms with Crippen molar-refractivity contribution in [3.8, 4) is 0 Å². The van der Waals surface area contributed by atoms with Crippen LogP contribution in [0, 0.1) is 0 Å². The van der Waals surface area contributed by atoms with Gasteiger partial charge in [-0.3, -0.25) is 4.72 Å². The summed E-state index contributed by atoms with van der Waals surface area (Å²) in [4.78, 5) is 11.5. The van der Waals surface area contributed by atoms with E-state index < -0.39 is 10.0 Å². The van der Waals surface area contributed by atoms with Crippen LogP contribution < -0.4 is 15.4 Å². The lowest BCUT2D eigenvalue weighted by Crippen LogP contribution is -2.24. The van der Waals surface area contributed by atoms with Crippen LogP contribution >= 0.6 is 0 Å². The molecule has 0 bridgehead atoms. The van der Waals surface area contributed by atoms with Gasteiger partial charge in [0.15, 0.2) is 0 Å². The summed E-state index contributed by atoms with van der Waals surface area (Å²) < 4.78 is 27.4. The first-order valence-electron chi connectivity index (χ1n) is 7.53. The summed E-state index contributed by atoms with van der Waals surface area (Å²) in [5.41, 5.74) is 1.94. The SMILES string of the molecule is CNC(=O)Nc1cccc(NS(=O)(=O)c2ccc(C(C)C)cc2)c1. The van der Waals surface area contributed by atoms with Crippen molar-refractivity contribution in [2.45, 2.75) is 24.7 Å². The molecule has 7 heteroatoms. The van der Waals surface area contributed by atoms with E-state index in [4.69, 9.17) is 0 Å². The Morgan fingerprint density at radius 3 is 2.21 bits per heavy atom. The zero-order valence-electron chi connectivity index (χ0n) is 13.8. The predicted molar refractivity (Wildman–Crippen MR) is 95.9 cm³/mol. The van der Waals surface area contributed by atoms with E-state index in [9.17, 15) is 13.2 Å². The topological polar surface area (TPSA) is 87.3 Å². The Labute approximate surface area is 142 Å². The Hall–Kier alpha value is -2.54. The number of amides is 2. The third kappa shape index (κ3) is 4.48. The molecule has 0 aromatic heterocycles. The van der Waals surface area contributed by atoms with Gasteiger partial charge in [-0.15, -0.1) is 0 Å². The molecule has 24 heavy (non-hydrogen) atoms. The highest BCUT2D eigenvalue weighted by molar-refractivity contribution is 7.92. The first-order valence-corrected chi connectivity index (χ1v) is 9.01. The fourth-order valence-electron chi connectivity index (χ4n) is 2.10. The van der Waals surface area contributed by atoms with E-state index in [2.05, 4.69) is 15.4 Å². The Morgan fingerprint density at radius 1 is 1.00 bits per heavy atom. The standard InChI is InChI=1S/C17H21N3O3S/c1-12(2)13-7-9-16(10-8-13)24(22,23)20-15-6-4-5-14(11-15)19-17(21)18-3/h4-12,20H,1-3H3,(H2,18,19,21). The molecular weight excluding hydrogens is 326 g/mol. The molecule has 0 saturated heterocycles. The van der Waals surface area contributed by atoms with E-state index in [0.29, 0.717) is 17.3 Å². The maximum atomic E-state index is 12.5. The van der Waals surface area contributed by atoms with Crippen LogP contribution in [-0.2, 0) is 10.0 Å². The van der Waals surface area contributed by atoms with Crippen LogP contribution in [0.15, 0.2) is 53.4 Å². The number of urea groups is 1. The molecule has 2 rings (SSSR count). The van der Waals surface area contributed by atoms with Gasteiger partial charge in [0.05, 0.1) is 10.6 Å². The summed E-state index contributed by atoms with van der Waals surface area (Å²) >= 11 is 0. The van der Waals surface area contributed by atoms with Crippen LogP contribution in [0.2, 0.25) is 0 Å². The molecule has 0 heterocycles. The molecule has 0 atom stereocenters. The number of benzene rings is 2.